The quantitative estimate of drug-likeness (QED) is 0.510. The summed E-state index contributed by atoms with van der Waals surface area (Å²) in [6, 6.07) is 0. The average Bonchev–Trinajstić information content (AvgIpc) is 1.75. The molecule has 0 aliphatic rings. The minimum absolute atomic E-state index is 0. The molecular formula is C4H9BrFMgN. The number of nitrogens with one attached hydrogen (secondary N) is 1. The molecule has 0 fully saturated rings. The Hall–Kier alpha value is 0.586. The predicted octanol–water partition coefficient (Wildman–Crippen LogP) is 1.60. The molecule has 8 heavy (non-hydrogen) atoms. The topological polar surface area (TPSA) is 23.9 Å². The van der Waals surface area contributed by atoms with E-state index in [9.17, 15) is 4.39 Å². The average molecular weight is 194 g/mol. The van der Waals surface area contributed by atoms with Gasteiger partial charge in [0.1, 0.15) is 0 Å². The van der Waals surface area contributed by atoms with E-state index in [0.29, 0.717) is 0 Å². The molecule has 0 spiro atoms. The largest absolute Gasteiger partial charge is 0.443 e. The lowest BCUT2D eigenvalue weighted by Gasteiger charge is -1.62. The van der Waals surface area contributed by atoms with Crippen molar-refractivity contribution in [3.63, 3.8) is 0 Å². The van der Waals surface area contributed by atoms with Gasteiger partial charge in [-0.05, 0) is 11.5 Å². The van der Waals surface area contributed by atoms with Crippen LogP contribution in [0.1, 0.15) is 0 Å². The first-order chi connectivity index (χ1) is 3.41. The third-order valence-corrected chi connectivity index (χ3v) is 0.940. The Bertz CT molecular complexity index is 45.0. The van der Waals surface area contributed by atoms with Crippen LogP contribution in [0.4, 0.5) is 4.39 Å². The maximum atomic E-state index is 11.0. The van der Waals surface area contributed by atoms with Gasteiger partial charge in [0, 0.05) is 0 Å². The van der Waals surface area contributed by atoms with E-state index in [1.54, 1.807) is 4.21 Å². The maximum absolute atomic E-state index is 11.0. The third kappa shape index (κ3) is 30.7. The Balaban J connectivity index is -0.0000000750. The predicted molar refractivity (Wildman–Crippen MR) is 42.1 cm³/mol. The number of hydrogen-bond acceptors (Lipinski definition) is 1. The van der Waals surface area contributed by atoms with Crippen molar-refractivity contribution in [1.82, 2.24) is 0 Å². The Kier molecular flexibility index (Phi) is 50.6. The first-order valence-corrected chi connectivity index (χ1v) is 3.75. The van der Waals surface area contributed by atoms with E-state index in [0.717, 1.165) is 0 Å². The molecule has 0 aromatic rings. The van der Waals surface area contributed by atoms with Crippen molar-refractivity contribution in [2.75, 3.05) is 4.80 Å². The first-order valence-electron chi connectivity index (χ1n) is 1.94. The van der Waals surface area contributed by atoms with Crippen LogP contribution in [0.25, 0.3) is 0 Å². The number of hydrogen-bond donors (Lipinski definition) is 1. The molecular weight excluding hydrogens is 185 g/mol. The summed E-state index contributed by atoms with van der Waals surface area (Å²) in [6.07, 6.45) is 0. The molecule has 0 aliphatic carbocycles. The van der Waals surface area contributed by atoms with Crippen molar-refractivity contribution in [2.45, 2.75) is 0 Å². The van der Waals surface area contributed by atoms with Crippen LogP contribution in [0.15, 0.2) is 10.8 Å². The van der Waals surface area contributed by atoms with Crippen molar-refractivity contribution in [1.29, 1.82) is 5.41 Å². The highest BCUT2D eigenvalue weighted by atomic mass is 79.9. The van der Waals surface area contributed by atoms with Crippen LogP contribution >= 0.6 is 17.0 Å². The van der Waals surface area contributed by atoms with Crippen molar-refractivity contribution in [3.8, 4) is 0 Å². The molecule has 0 amide bonds. The Labute approximate surface area is 69.4 Å². The van der Waals surface area contributed by atoms with E-state index in [1.807, 2.05) is 0 Å². The molecule has 1 nitrogen and oxygen atoms in total. The maximum Gasteiger partial charge on any atom is 0.443 e. The van der Waals surface area contributed by atoms with Crippen LogP contribution in [-0.4, -0.2) is 31.9 Å². The van der Waals surface area contributed by atoms with Crippen LogP contribution in [-0.2, 0) is 0 Å². The molecule has 0 atom stereocenters. The summed E-state index contributed by atoms with van der Waals surface area (Å²) in [5.41, 5.74) is 0. The Morgan fingerprint density at radius 3 is 2.00 bits per heavy atom. The van der Waals surface area contributed by atoms with E-state index in [1.165, 1.54) is 0 Å². The van der Waals surface area contributed by atoms with Gasteiger partial charge in [-0.25, -0.2) is 4.21 Å². The van der Waals surface area contributed by atoms with Crippen molar-refractivity contribution in [2.24, 2.45) is 0 Å². The molecule has 0 rings (SSSR count). The summed E-state index contributed by atoms with van der Waals surface area (Å²) in [6.45, 7) is 5.87. The summed E-state index contributed by atoms with van der Waals surface area (Å²) < 4.78 is 12.7. The Morgan fingerprint density at radius 2 is 2.00 bits per heavy atom. The van der Waals surface area contributed by atoms with E-state index in [4.69, 9.17) is 5.41 Å². The second-order valence-electron chi connectivity index (χ2n) is 0.766. The zero-order valence-electron chi connectivity index (χ0n) is 4.69. The fourth-order valence-electron chi connectivity index (χ4n) is 0.0772. The molecule has 0 unspecified atom stereocenters. The van der Waals surface area contributed by atoms with Gasteiger partial charge in [0.2, 0.25) is 0 Å². The second-order valence-corrected chi connectivity index (χ2v) is 2.30. The highest BCUT2D eigenvalue weighted by Crippen LogP contribution is 1.60. The molecule has 4 heteroatoms. The third-order valence-electron chi connectivity index (χ3n) is 0.313. The summed E-state index contributed by atoms with van der Waals surface area (Å²) in [7, 11) is 0. The molecule has 0 aromatic heterocycles. The number of alkyl halides is 1. The lowest BCUT2D eigenvalue weighted by atomic mass is 11.3. The summed E-state index contributed by atoms with van der Waals surface area (Å²) in [4.78, 5) is -0.135. The summed E-state index contributed by atoms with van der Waals surface area (Å²) in [5, 5.41) is 5.50. The van der Waals surface area contributed by atoms with Gasteiger partial charge in [-0.1, -0.05) is 0 Å². The molecule has 46 valence electrons. The van der Waals surface area contributed by atoms with Crippen LogP contribution in [0.2, 0.25) is 0 Å². The van der Waals surface area contributed by atoms with E-state index < -0.39 is 20.4 Å². The monoisotopic (exact) mass is 193 g/mol. The van der Waals surface area contributed by atoms with Gasteiger partial charge in [-0.3, -0.25) is 4.39 Å². The fraction of sp³-hybridized carbons (Fsp3) is 0.250. The molecule has 0 radical (unpaired) electrons. The zero-order chi connectivity index (χ0) is 6.12. The standard InChI is InChI=1S/C2H3.CH2F.CH3N.BrH.Mg/c3*1-2;;/h1H,2H2;1H2;2H,1H2;1H;. The van der Waals surface area contributed by atoms with Gasteiger partial charge < -0.3 is 5.41 Å². The van der Waals surface area contributed by atoms with E-state index in [-0.39, 0.29) is 21.8 Å². The Morgan fingerprint density at radius 1 is 1.62 bits per heavy atom. The molecule has 0 saturated carbocycles. The minimum atomic E-state index is -0.471. The van der Waals surface area contributed by atoms with Crippen molar-refractivity contribution >= 4 is 44.1 Å². The lowest BCUT2D eigenvalue weighted by molar-refractivity contribution is 0.595. The first kappa shape index (κ1) is 15.8. The van der Waals surface area contributed by atoms with Crippen LogP contribution in [0.5, 0.6) is 0 Å². The van der Waals surface area contributed by atoms with Gasteiger partial charge in [0.15, 0.2) is 0 Å². The molecule has 0 heterocycles. The molecule has 0 aliphatic heterocycles. The fourth-order valence-corrected chi connectivity index (χ4v) is 0.231. The molecule has 0 aromatic carbocycles. The summed E-state index contributed by atoms with van der Waals surface area (Å²) >= 11 is -0.471. The van der Waals surface area contributed by atoms with Crippen molar-refractivity contribution in [3.05, 3.63) is 10.8 Å². The van der Waals surface area contributed by atoms with Gasteiger partial charge in [-0.2, -0.15) is 0 Å². The highest BCUT2D eigenvalue weighted by Gasteiger charge is 1.79. The molecule has 1 N–H and O–H groups in total. The van der Waals surface area contributed by atoms with Gasteiger partial charge in [0.25, 0.3) is 0 Å². The zero-order valence-corrected chi connectivity index (χ0v) is 7.82. The molecule has 0 saturated heterocycles. The van der Waals surface area contributed by atoms with Crippen LogP contribution < -0.4 is 0 Å². The van der Waals surface area contributed by atoms with Gasteiger partial charge in [0.05, 0.1) is 0 Å². The lowest BCUT2D eigenvalue weighted by Crippen LogP contribution is -1.82. The van der Waals surface area contributed by atoms with E-state index in [2.05, 4.69) is 13.3 Å². The summed E-state index contributed by atoms with van der Waals surface area (Å²) in [5.74, 6) is 0. The van der Waals surface area contributed by atoms with E-state index >= 15 is 0 Å². The van der Waals surface area contributed by atoms with Crippen LogP contribution in [0, 0.1) is 5.41 Å². The highest BCUT2D eigenvalue weighted by molar-refractivity contribution is 8.93. The van der Waals surface area contributed by atoms with Gasteiger partial charge >= 0.3 is 20.4 Å². The normalized spacial score (nSPS) is 4.12. The SMILES string of the molecule is Br.C=N.C=[CH][Mg][CH2]F. The van der Waals surface area contributed by atoms with Crippen LogP contribution in [0.3, 0.4) is 0 Å². The number of halogens is 2. The second kappa shape index (κ2) is 25.6. The van der Waals surface area contributed by atoms with Crippen molar-refractivity contribution < 1.29 is 4.39 Å². The number of rotatable bonds is 2. The minimum Gasteiger partial charge on any atom is -0.317 e. The molecule has 0 bridgehead atoms. The van der Waals surface area contributed by atoms with Gasteiger partial charge in [-0.15, -0.1) is 23.6 Å². The smallest absolute Gasteiger partial charge is 0.317 e.